The summed E-state index contributed by atoms with van der Waals surface area (Å²) in [5, 5.41) is 2.68. The lowest BCUT2D eigenvalue weighted by Gasteiger charge is -2.40. The molecule has 3 unspecified atom stereocenters. The molecule has 1 heterocycles. The summed E-state index contributed by atoms with van der Waals surface area (Å²) in [7, 11) is 4.67. The monoisotopic (exact) mass is 489 g/mol. The topological polar surface area (TPSA) is 120 Å². The van der Waals surface area contributed by atoms with Crippen molar-refractivity contribution in [2.45, 2.75) is 76.3 Å². The van der Waals surface area contributed by atoms with E-state index in [-0.39, 0.29) is 17.7 Å². The second-order valence-corrected chi connectivity index (χ2v) is 9.51. The lowest BCUT2D eigenvalue weighted by Crippen LogP contribution is -2.56. The minimum atomic E-state index is -0.800. The Morgan fingerprint density at radius 3 is 2.09 bits per heavy atom. The zero-order valence-electron chi connectivity index (χ0n) is 21.3. The molecule has 35 heavy (non-hydrogen) atoms. The lowest BCUT2D eigenvalue weighted by molar-refractivity contribution is -0.145. The number of ether oxygens (including phenoxy) is 3. The third-order valence-electron chi connectivity index (χ3n) is 7.31. The molecule has 3 N–H and O–H groups in total. The first-order valence-electron chi connectivity index (χ1n) is 12.5. The number of hydrogen-bond acceptors (Lipinski definition) is 6. The van der Waals surface area contributed by atoms with Gasteiger partial charge in [0, 0.05) is 6.54 Å². The Morgan fingerprint density at radius 2 is 1.54 bits per heavy atom. The summed E-state index contributed by atoms with van der Waals surface area (Å²) in [6, 6.07) is 2.27. The summed E-state index contributed by atoms with van der Waals surface area (Å²) in [6.45, 7) is 2.05. The fourth-order valence-electron chi connectivity index (χ4n) is 5.39. The number of benzene rings is 1. The summed E-state index contributed by atoms with van der Waals surface area (Å²) >= 11 is 0. The number of primary amides is 1. The average molecular weight is 490 g/mol. The molecule has 3 amide bonds. The van der Waals surface area contributed by atoms with E-state index in [1.807, 2.05) is 12.1 Å². The van der Waals surface area contributed by atoms with E-state index in [1.165, 1.54) is 0 Å². The van der Waals surface area contributed by atoms with Crippen LogP contribution in [0.2, 0.25) is 0 Å². The normalized spacial score (nSPS) is 20.5. The second kappa shape index (κ2) is 12.1. The van der Waals surface area contributed by atoms with Gasteiger partial charge in [-0.3, -0.25) is 14.4 Å². The van der Waals surface area contributed by atoms with Crippen molar-refractivity contribution in [3.05, 3.63) is 17.7 Å². The van der Waals surface area contributed by atoms with Crippen molar-refractivity contribution >= 4 is 17.7 Å². The number of methoxy groups -OCH3 is 3. The van der Waals surface area contributed by atoms with E-state index in [0.29, 0.717) is 30.2 Å². The molecule has 194 valence electrons. The van der Waals surface area contributed by atoms with Crippen LogP contribution in [0.4, 0.5) is 0 Å². The van der Waals surface area contributed by atoms with Crippen LogP contribution in [0.5, 0.6) is 17.2 Å². The molecule has 9 nitrogen and oxygen atoms in total. The molecule has 0 radical (unpaired) electrons. The maximum atomic E-state index is 14.2. The highest BCUT2D eigenvalue weighted by Gasteiger charge is 2.40. The number of nitrogens with one attached hydrogen (secondary N) is 1. The van der Waals surface area contributed by atoms with Gasteiger partial charge in [-0.2, -0.15) is 0 Å². The highest BCUT2D eigenvalue weighted by Crippen LogP contribution is 2.45. The quantitative estimate of drug-likeness (QED) is 0.550. The Bertz CT molecular complexity index is 889. The van der Waals surface area contributed by atoms with Crippen LogP contribution in [0, 0.1) is 5.92 Å². The smallest absolute Gasteiger partial charge is 0.243 e. The average Bonchev–Trinajstić information content (AvgIpc) is 2.88. The first-order valence-corrected chi connectivity index (χ1v) is 12.5. The van der Waals surface area contributed by atoms with Crippen LogP contribution in [-0.2, 0) is 14.4 Å². The summed E-state index contributed by atoms with van der Waals surface area (Å²) in [5.74, 6) is 0.167. The maximum absolute atomic E-state index is 14.2. The first kappa shape index (κ1) is 26.6. The number of carbonyl (C=O) groups is 3. The van der Waals surface area contributed by atoms with Gasteiger partial charge in [-0.1, -0.05) is 19.3 Å². The molecule has 9 heteroatoms. The molecule has 0 aromatic heterocycles. The molecule has 1 aromatic carbocycles. The Balaban J connectivity index is 2.00. The highest BCUT2D eigenvalue weighted by atomic mass is 16.5. The third kappa shape index (κ3) is 6.00. The van der Waals surface area contributed by atoms with Crippen molar-refractivity contribution in [3.63, 3.8) is 0 Å². The van der Waals surface area contributed by atoms with Gasteiger partial charge in [-0.05, 0) is 62.6 Å². The number of amides is 3. The number of piperidine rings is 1. The van der Waals surface area contributed by atoms with Gasteiger partial charge in [0.15, 0.2) is 11.5 Å². The predicted octanol–water partition coefficient (Wildman–Crippen LogP) is 2.75. The zero-order chi connectivity index (χ0) is 25.5. The van der Waals surface area contributed by atoms with Crippen LogP contribution >= 0.6 is 0 Å². The maximum Gasteiger partial charge on any atom is 0.243 e. The van der Waals surface area contributed by atoms with E-state index in [1.54, 1.807) is 33.2 Å². The summed E-state index contributed by atoms with van der Waals surface area (Å²) in [4.78, 5) is 40.5. The predicted molar refractivity (Wildman–Crippen MR) is 132 cm³/mol. The minimum absolute atomic E-state index is 0.0715. The van der Waals surface area contributed by atoms with Gasteiger partial charge in [0.25, 0.3) is 0 Å². The van der Waals surface area contributed by atoms with E-state index in [4.69, 9.17) is 19.9 Å². The van der Waals surface area contributed by atoms with Gasteiger partial charge in [-0.25, -0.2) is 0 Å². The number of nitrogens with zero attached hydrogens (tertiary/aromatic N) is 1. The highest BCUT2D eigenvalue weighted by molar-refractivity contribution is 5.93. The largest absolute Gasteiger partial charge is 0.493 e. The standard InChI is InChI=1S/C26H39N3O6/c1-16(24(27)30)28-25(31)19-12-8-9-13-29(19)26(32)22(17-10-6-5-7-11-17)18-14-20(33-2)23(35-4)21(15-18)34-3/h14-17,19,22H,5-13H2,1-4H3,(H2,27,30)(H,28,31). The van der Waals surface area contributed by atoms with Crippen molar-refractivity contribution in [2.24, 2.45) is 11.7 Å². The molecule has 2 fully saturated rings. The lowest BCUT2D eigenvalue weighted by atomic mass is 9.75. The van der Waals surface area contributed by atoms with Gasteiger partial charge in [-0.15, -0.1) is 0 Å². The Kier molecular flexibility index (Phi) is 9.23. The third-order valence-corrected chi connectivity index (χ3v) is 7.31. The van der Waals surface area contributed by atoms with Crippen LogP contribution in [0.15, 0.2) is 12.1 Å². The molecule has 1 aliphatic carbocycles. The number of carbonyl (C=O) groups excluding carboxylic acids is 3. The van der Waals surface area contributed by atoms with Crippen molar-refractivity contribution in [1.29, 1.82) is 0 Å². The minimum Gasteiger partial charge on any atom is -0.493 e. The SMILES string of the molecule is COc1cc(C(C(=O)N2CCCCC2C(=O)NC(C)C(N)=O)C2CCCCC2)cc(OC)c1OC. The zero-order valence-corrected chi connectivity index (χ0v) is 21.3. The number of hydrogen-bond donors (Lipinski definition) is 2. The molecule has 1 saturated heterocycles. The Morgan fingerprint density at radius 1 is 0.943 bits per heavy atom. The summed E-state index contributed by atoms with van der Waals surface area (Å²) < 4.78 is 16.6. The summed E-state index contributed by atoms with van der Waals surface area (Å²) in [6.07, 6.45) is 7.39. The van der Waals surface area contributed by atoms with E-state index in [2.05, 4.69) is 5.32 Å². The fourth-order valence-corrected chi connectivity index (χ4v) is 5.39. The van der Waals surface area contributed by atoms with Crippen molar-refractivity contribution in [1.82, 2.24) is 10.2 Å². The number of rotatable bonds is 9. The molecule has 1 aliphatic heterocycles. The molecular weight excluding hydrogens is 450 g/mol. The van der Waals surface area contributed by atoms with Crippen molar-refractivity contribution < 1.29 is 28.6 Å². The van der Waals surface area contributed by atoms with E-state index < -0.39 is 23.9 Å². The summed E-state index contributed by atoms with van der Waals surface area (Å²) in [5.41, 5.74) is 6.14. The van der Waals surface area contributed by atoms with E-state index in [9.17, 15) is 14.4 Å². The molecule has 1 saturated carbocycles. The molecule has 0 spiro atoms. The first-order chi connectivity index (χ1) is 16.8. The number of nitrogens with two attached hydrogens (primary N) is 1. The van der Waals surface area contributed by atoms with Crippen LogP contribution in [0.1, 0.15) is 69.8 Å². The van der Waals surface area contributed by atoms with Crippen LogP contribution in [0.3, 0.4) is 0 Å². The second-order valence-electron chi connectivity index (χ2n) is 9.51. The molecule has 2 aliphatic rings. The molecule has 3 rings (SSSR count). The van der Waals surface area contributed by atoms with Gasteiger partial charge in [0.05, 0.1) is 27.2 Å². The molecular formula is C26H39N3O6. The van der Waals surface area contributed by atoms with Gasteiger partial charge in [0.2, 0.25) is 23.5 Å². The Labute approximate surface area is 207 Å². The van der Waals surface area contributed by atoms with Crippen LogP contribution in [-0.4, -0.2) is 62.6 Å². The van der Waals surface area contributed by atoms with Gasteiger partial charge < -0.3 is 30.2 Å². The molecule has 0 bridgehead atoms. The molecule has 1 aromatic rings. The van der Waals surface area contributed by atoms with E-state index in [0.717, 1.165) is 50.5 Å². The van der Waals surface area contributed by atoms with Gasteiger partial charge in [0.1, 0.15) is 12.1 Å². The number of likely N-dealkylation sites (tertiary alicyclic amines) is 1. The Hall–Kier alpha value is -2.97. The van der Waals surface area contributed by atoms with E-state index >= 15 is 0 Å². The van der Waals surface area contributed by atoms with Crippen LogP contribution in [0.25, 0.3) is 0 Å². The van der Waals surface area contributed by atoms with Crippen molar-refractivity contribution in [2.75, 3.05) is 27.9 Å². The fraction of sp³-hybridized carbons (Fsp3) is 0.654. The van der Waals surface area contributed by atoms with Crippen LogP contribution < -0.4 is 25.3 Å². The van der Waals surface area contributed by atoms with Crippen molar-refractivity contribution in [3.8, 4) is 17.2 Å². The molecule has 3 atom stereocenters. The van der Waals surface area contributed by atoms with Gasteiger partial charge >= 0.3 is 0 Å².